The summed E-state index contributed by atoms with van der Waals surface area (Å²) in [5, 5.41) is 35.0. The van der Waals surface area contributed by atoms with Crippen LogP contribution in [0.1, 0.15) is 11.1 Å². The zero-order chi connectivity index (χ0) is 25.9. The van der Waals surface area contributed by atoms with Crippen molar-refractivity contribution >= 4 is 28.7 Å². The molecule has 2 heterocycles. The molecule has 0 spiro atoms. The normalized spacial score (nSPS) is 14.4. The molecule has 0 saturated carbocycles. The van der Waals surface area contributed by atoms with Crippen LogP contribution in [0.25, 0.3) is 22.5 Å². The predicted molar refractivity (Wildman–Crippen MR) is 140 cm³/mol. The molecule has 0 aliphatic carbocycles. The number of hydrogen-bond acceptors (Lipinski definition) is 9. The molecule has 0 atom stereocenters. The standard InChI is InChI=1S/C26H24N8O3/c1-15-10-11-19(12-16(15)2)34-26(36)23(22(31-34)14-37-3)28-27-21-9-5-8-20(24(21)35)17-6-4-7-18(13-17)25-29-32-33-30-25/h4-13,27,35H,14H2,1-3H3,(H,29,30,32,33). The number of hydrogen-bond donors (Lipinski definition) is 3. The Morgan fingerprint density at radius 3 is 2.62 bits per heavy atom. The van der Waals surface area contributed by atoms with Crippen molar-refractivity contribution in [3.05, 3.63) is 71.8 Å². The van der Waals surface area contributed by atoms with E-state index in [-0.39, 0.29) is 18.1 Å². The second kappa shape index (κ2) is 9.99. The highest BCUT2D eigenvalue weighted by Crippen LogP contribution is 2.36. The molecular weight excluding hydrogens is 472 g/mol. The SMILES string of the molecule is COCC1=NN(c2ccc(C)c(C)c2)C(=O)C1=NNc1cccc(-c2cccc(-c3nnn[nH]3)c2)c1O. The molecule has 4 aromatic rings. The zero-order valence-electron chi connectivity index (χ0n) is 20.4. The number of carbonyl (C=O) groups excluding carboxylic acids is 1. The van der Waals surface area contributed by atoms with E-state index in [1.165, 1.54) is 12.1 Å². The molecular formula is C26H24N8O3. The van der Waals surface area contributed by atoms with Gasteiger partial charge in [-0.2, -0.15) is 15.2 Å². The van der Waals surface area contributed by atoms with Crippen molar-refractivity contribution in [3.8, 4) is 28.3 Å². The van der Waals surface area contributed by atoms with Crippen LogP contribution in [0.15, 0.2) is 70.9 Å². The van der Waals surface area contributed by atoms with Crippen LogP contribution in [0.3, 0.4) is 0 Å². The third-order valence-electron chi connectivity index (χ3n) is 6.02. The smallest absolute Gasteiger partial charge is 0.301 e. The van der Waals surface area contributed by atoms with Crippen molar-refractivity contribution in [3.63, 3.8) is 0 Å². The number of methoxy groups -OCH3 is 1. The van der Waals surface area contributed by atoms with E-state index >= 15 is 0 Å². The third kappa shape index (κ3) is 4.67. The summed E-state index contributed by atoms with van der Waals surface area (Å²) in [6.45, 7) is 4.08. The summed E-state index contributed by atoms with van der Waals surface area (Å²) in [6.07, 6.45) is 0. The maximum atomic E-state index is 13.2. The van der Waals surface area contributed by atoms with Crippen LogP contribution >= 0.6 is 0 Å². The van der Waals surface area contributed by atoms with Gasteiger partial charge in [-0.15, -0.1) is 5.10 Å². The van der Waals surface area contributed by atoms with Crippen molar-refractivity contribution in [1.82, 2.24) is 20.6 Å². The Balaban J connectivity index is 1.44. The van der Waals surface area contributed by atoms with Crippen LogP contribution in [0.2, 0.25) is 0 Å². The molecule has 0 saturated heterocycles. The second-order valence-corrected chi connectivity index (χ2v) is 8.47. The number of anilines is 2. The van der Waals surface area contributed by atoms with Gasteiger partial charge in [0.15, 0.2) is 11.5 Å². The van der Waals surface area contributed by atoms with Crippen LogP contribution in [0.5, 0.6) is 5.75 Å². The number of aromatic amines is 1. The quantitative estimate of drug-likeness (QED) is 0.262. The summed E-state index contributed by atoms with van der Waals surface area (Å²) in [7, 11) is 1.52. The number of carbonyl (C=O) groups is 1. The predicted octanol–water partition coefficient (Wildman–Crippen LogP) is 3.67. The van der Waals surface area contributed by atoms with Gasteiger partial charge in [-0.1, -0.05) is 36.4 Å². The maximum absolute atomic E-state index is 13.2. The fourth-order valence-electron chi connectivity index (χ4n) is 3.91. The van der Waals surface area contributed by atoms with E-state index in [9.17, 15) is 9.90 Å². The van der Waals surface area contributed by atoms with E-state index < -0.39 is 5.91 Å². The third-order valence-corrected chi connectivity index (χ3v) is 6.02. The van der Waals surface area contributed by atoms with Crippen molar-refractivity contribution in [2.75, 3.05) is 24.2 Å². The van der Waals surface area contributed by atoms with Crippen molar-refractivity contribution < 1.29 is 14.6 Å². The monoisotopic (exact) mass is 496 g/mol. The number of nitrogens with zero attached hydrogens (tertiary/aromatic N) is 6. The van der Waals surface area contributed by atoms with Gasteiger partial charge >= 0.3 is 5.91 Å². The topological polar surface area (TPSA) is 141 Å². The van der Waals surface area contributed by atoms with Crippen LogP contribution in [-0.4, -0.2) is 56.8 Å². The average molecular weight is 497 g/mol. The number of para-hydroxylation sites is 1. The molecule has 1 aliphatic heterocycles. The minimum atomic E-state index is -0.396. The number of hydrazone groups is 2. The molecule has 0 fully saturated rings. The number of benzene rings is 3. The molecule has 11 nitrogen and oxygen atoms in total. The van der Waals surface area contributed by atoms with E-state index in [0.717, 1.165) is 22.3 Å². The summed E-state index contributed by atoms with van der Waals surface area (Å²) in [5.74, 6) is 0.0910. The lowest BCUT2D eigenvalue weighted by Crippen LogP contribution is -2.29. The van der Waals surface area contributed by atoms with Gasteiger partial charge in [0.25, 0.3) is 0 Å². The lowest BCUT2D eigenvalue weighted by molar-refractivity contribution is -0.112. The maximum Gasteiger partial charge on any atom is 0.301 e. The van der Waals surface area contributed by atoms with Gasteiger partial charge in [0.2, 0.25) is 0 Å². The fourth-order valence-corrected chi connectivity index (χ4v) is 3.91. The molecule has 1 aliphatic rings. The first-order valence-corrected chi connectivity index (χ1v) is 11.4. The number of nitrogens with one attached hydrogen (secondary N) is 2. The number of H-pyrrole nitrogens is 1. The number of ether oxygens (including phenoxy) is 1. The van der Waals surface area contributed by atoms with Gasteiger partial charge in [-0.3, -0.25) is 10.2 Å². The van der Waals surface area contributed by atoms with Gasteiger partial charge in [0.05, 0.1) is 18.0 Å². The molecule has 0 bridgehead atoms. The van der Waals surface area contributed by atoms with Crippen LogP contribution in [0, 0.1) is 13.8 Å². The Morgan fingerprint density at radius 1 is 1.05 bits per heavy atom. The van der Waals surface area contributed by atoms with Gasteiger partial charge in [-0.25, -0.2) is 5.10 Å². The molecule has 3 N–H and O–H groups in total. The Labute approximate surface area is 212 Å². The molecule has 11 heteroatoms. The number of phenols is 1. The summed E-state index contributed by atoms with van der Waals surface area (Å²) < 4.78 is 5.24. The number of tetrazole rings is 1. The Hall–Kier alpha value is -4.90. The van der Waals surface area contributed by atoms with Crippen LogP contribution in [0.4, 0.5) is 11.4 Å². The van der Waals surface area contributed by atoms with Crippen molar-refractivity contribution in [2.24, 2.45) is 10.2 Å². The van der Waals surface area contributed by atoms with Crippen LogP contribution < -0.4 is 10.4 Å². The average Bonchev–Trinajstić information content (AvgIpc) is 3.54. The lowest BCUT2D eigenvalue weighted by atomic mass is 10.0. The van der Waals surface area contributed by atoms with E-state index in [1.54, 1.807) is 18.2 Å². The van der Waals surface area contributed by atoms with E-state index in [0.29, 0.717) is 28.5 Å². The number of rotatable bonds is 7. The van der Waals surface area contributed by atoms with Crippen molar-refractivity contribution in [1.29, 1.82) is 0 Å². The number of aryl methyl sites for hydroxylation is 2. The minimum absolute atomic E-state index is 0.0265. The minimum Gasteiger partial charge on any atom is -0.505 e. The molecule has 186 valence electrons. The number of phenolic OH excluding ortho intramolecular Hbond substituents is 1. The summed E-state index contributed by atoms with van der Waals surface area (Å²) >= 11 is 0. The van der Waals surface area contributed by atoms with E-state index in [4.69, 9.17) is 4.74 Å². The summed E-state index contributed by atoms with van der Waals surface area (Å²) in [5.41, 5.74) is 8.52. The Morgan fingerprint density at radius 2 is 1.86 bits per heavy atom. The number of amides is 1. The van der Waals surface area contributed by atoms with Gasteiger partial charge in [0.1, 0.15) is 11.5 Å². The van der Waals surface area contributed by atoms with Gasteiger partial charge in [0, 0.05) is 18.2 Å². The number of aromatic nitrogens is 4. The van der Waals surface area contributed by atoms with E-state index in [2.05, 4.69) is 36.3 Å². The highest BCUT2D eigenvalue weighted by atomic mass is 16.5. The molecule has 5 rings (SSSR count). The Bertz CT molecular complexity index is 1530. The fraction of sp³-hybridized carbons (Fsp3) is 0.154. The van der Waals surface area contributed by atoms with E-state index in [1.807, 2.05) is 56.3 Å². The second-order valence-electron chi connectivity index (χ2n) is 8.47. The first-order valence-electron chi connectivity index (χ1n) is 11.4. The summed E-state index contributed by atoms with van der Waals surface area (Å²) in [6, 6.07) is 18.3. The molecule has 0 radical (unpaired) electrons. The Kier molecular flexibility index (Phi) is 6.43. The zero-order valence-corrected chi connectivity index (χ0v) is 20.4. The van der Waals surface area contributed by atoms with Gasteiger partial charge < -0.3 is 9.84 Å². The lowest BCUT2D eigenvalue weighted by Gasteiger charge is -2.13. The molecule has 3 aromatic carbocycles. The molecule has 1 amide bonds. The van der Waals surface area contributed by atoms with Gasteiger partial charge in [-0.05, 0) is 65.2 Å². The van der Waals surface area contributed by atoms with Crippen molar-refractivity contribution in [2.45, 2.75) is 13.8 Å². The largest absolute Gasteiger partial charge is 0.505 e. The molecule has 1 aromatic heterocycles. The van der Waals surface area contributed by atoms with Crippen LogP contribution in [-0.2, 0) is 9.53 Å². The highest BCUT2D eigenvalue weighted by molar-refractivity contribution is 6.72. The first-order chi connectivity index (χ1) is 18.0. The molecule has 0 unspecified atom stereocenters. The summed E-state index contributed by atoms with van der Waals surface area (Å²) in [4.78, 5) is 13.2. The first kappa shape index (κ1) is 23.8. The highest BCUT2D eigenvalue weighted by Gasteiger charge is 2.33. The molecule has 37 heavy (non-hydrogen) atoms. The number of aromatic hydroxyl groups is 1.